The van der Waals surface area contributed by atoms with Crippen LogP contribution in [0.3, 0.4) is 0 Å². The van der Waals surface area contributed by atoms with E-state index in [1.54, 1.807) is 0 Å². The van der Waals surface area contributed by atoms with Crippen molar-refractivity contribution in [1.82, 2.24) is 9.88 Å². The van der Waals surface area contributed by atoms with E-state index in [1.165, 1.54) is 0 Å². The number of nitrogens with zero attached hydrogens (tertiary/aromatic N) is 2. The minimum Gasteiger partial charge on any atom is -0.324 e. The van der Waals surface area contributed by atoms with Gasteiger partial charge < -0.3 is 10.6 Å². The van der Waals surface area contributed by atoms with Crippen molar-refractivity contribution < 1.29 is 0 Å². The van der Waals surface area contributed by atoms with Crippen LogP contribution in [-0.2, 0) is 6.54 Å². The molecule has 1 heterocycles. The van der Waals surface area contributed by atoms with Crippen molar-refractivity contribution in [3.05, 3.63) is 64.4 Å². The van der Waals surface area contributed by atoms with E-state index in [-0.39, 0.29) is 6.04 Å². The third-order valence-corrected chi connectivity index (χ3v) is 3.75. The zero-order valence-corrected chi connectivity index (χ0v) is 13.3. The molecule has 3 nitrogen and oxygen atoms in total. The lowest BCUT2D eigenvalue weighted by Crippen LogP contribution is -2.24. The fourth-order valence-corrected chi connectivity index (χ4v) is 2.41. The number of nitrogens with two attached hydrogens (primary N) is 1. The molecule has 0 saturated carbocycles. The standard InChI is InChI=1S/C17H22ClN3/c1-13-4-3-5-16(20-13)12-21(2)11-10-17(19)14-6-8-15(18)9-7-14/h3-9,17H,10-12,19H2,1-2H3. The molecule has 1 aromatic heterocycles. The van der Waals surface area contributed by atoms with Crippen LogP contribution >= 0.6 is 11.6 Å². The van der Waals surface area contributed by atoms with Gasteiger partial charge in [-0.15, -0.1) is 0 Å². The minimum atomic E-state index is 0.0372. The van der Waals surface area contributed by atoms with Gasteiger partial charge in [-0.25, -0.2) is 0 Å². The summed E-state index contributed by atoms with van der Waals surface area (Å²) in [6.07, 6.45) is 0.907. The molecular weight excluding hydrogens is 282 g/mol. The maximum atomic E-state index is 6.23. The summed E-state index contributed by atoms with van der Waals surface area (Å²) in [6.45, 7) is 3.79. The molecule has 2 aromatic rings. The van der Waals surface area contributed by atoms with Gasteiger partial charge in [-0.3, -0.25) is 4.98 Å². The highest BCUT2D eigenvalue weighted by Gasteiger charge is 2.08. The van der Waals surface area contributed by atoms with E-state index in [0.717, 1.165) is 41.5 Å². The van der Waals surface area contributed by atoms with Crippen LogP contribution in [0.4, 0.5) is 0 Å². The highest BCUT2D eigenvalue weighted by Crippen LogP contribution is 2.17. The van der Waals surface area contributed by atoms with Crippen LogP contribution in [0.5, 0.6) is 0 Å². The fourth-order valence-electron chi connectivity index (χ4n) is 2.28. The summed E-state index contributed by atoms with van der Waals surface area (Å²) in [5.41, 5.74) is 9.50. The van der Waals surface area contributed by atoms with Gasteiger partial charge >= 0.3 is 0 Å². The van der Waals surface area contributed by atoms with Crippen LogP contribution in [0.1, 0.15) is 29.4 Å². The van der Waals surface area contributed by atoms with Gasteiger partial charge in [0.15, 0.2) is 0 Å². The Morgan fingerprint density at radius 1 is 1.19 bits per heavy atom. The monoisotopic (exact) mass is 303 g/mol. The van der Waals surface area contributed by atoms with Crippen molar-refractivity contribution >= 4 is 11.6 Å². The normalized spacial score (nSPS) is 12.6. The Labute approximate surface area is 131 Å². The number of aryl methyl sites for hydroxylation is 1. The molecule has 0 aliphatic carbocycles. The molecule has 2 rings (SSSR count). The molecule has 1 unspecified atom stereocenters. The highest BCUT2D eigenvalue weighted by molar-refractivity contribution is 6.30. The molecule has 21 heavy (non-hydrogen) atoms. The molecule has 2 N–H and O–H groups in total. The summed E-state index contributed by atoms with van der Waals surface area (Å²) in [6, 6.07) is 13.9. The number of pyridine rings is 1. The SMILES string of the molecule is Cc1cccc(CN(C)CCC(N)c2ccc(Cl)cc2)n1. The molecule has 0 aliphatic heterocycles. The van der Waals surface area contributed by atoms with E-state index in [4.69, 9.17) is 17.3 Å². The molecule has 0 amide bonds. The zero-order chi connectivity index (χ0) is 15.2. The number of rotatable bonds is 6. The van der Waals surface area contributed by atoms with Crippen LogP contribution in [0.25, 0.3) is 0 Å². The van der Waals surface area contributed by atoms with Gasteiger partial charge in [-0.2, -0.15) is 0 Å². The second-order valence-corrected chi connectivity index (χ2v) is 5.89. The van der Waals surface area contributed by atoms with E-state index in [2.05, 4.69) is 23.0 Å². The summed E-state index contributed by atoms with van der Waals surface area (Å²) >= 11 is 5.89. The van der Waals surface area contributed by atoms with Gasteiger partial charge in [0.25, 0.3) is 0 Å². The number of hydrogen-bond donors (Lipinski definition) is 1. The van der Waals surface area contributed by atoms with Crippen molar-refractivity contribution in [3.8, 4) is 0 Å². The maximum Gasteiger partial charge on any atom is 0.0547 e. The van der Waals surface area contributed by atoms with E-state index in [9.17, 15) is 0 Å². The highest BCUT2D eigenvalue weighted by atomic mass is 35.5. The van der Waals surface area contributed by atoms with Gasteiger partial charge in [0.05, 0.1) is 5.69 Å². The number of hydrogen-bond acceptors (Lipinski definition) is 3. The summed E-state index contributed by atoms with van der Waals surface area (Å²) < 4.78 is 0. The Bertz CT molecular complexity index is 569. The Morgan fingerprint density at radius 2 is 1.90 bits per heavy atom. The minimum absolute atomic E-state index is 0.0372. The van der Waals surface area contributed by atoms with Crippen LogP contribution < -0.4 is 5.73 Å². The van der Waals surface area contributed by atoms with Gasteiger partial charge in [0.1, 0.15) is 0 Å². The second kappa shape index (κ2) is 7.55. The molecular formula is C17H22ClN3. The molecule has 4 heteroatoms. The predicted molar refractivity (Wildman–Crippen MR) is 88.3 cm³/mol. The van der Waals surface area contributed by atoms with E-state index < -0.39 is 0 Å². The second-order valence-electron chi connectivity index (χ2n) is 5.45. The topological polar surface area (TPSA) is 42.1 Å². The molecule has 1 aromatic carbocycles. The Balaban J connectivity index is 1.83. The molecule has 0 radical (unpaired) electrons. The zero-order valence-electron chi connectivity index (χ0n) is 12.6. The number of aromatic nitrogens is 1. The average molecular weight is 304 g/mol. The summed E-state index contributed by atoms with van der Waals surface area (Å²) in [5, 5.41) is 0.744. The molecule has 0 spiro atoms. The van der Waals surface area contributed by atoms with Crippen LogP contribution in [-0.4, -0.2) is 23.5 Å². The first kappa shape index (κ1) is 16.0. The third-order valence-electron chi connectivity index (χ3n) is 3.50. The molecule has 0 aliphatic rings. The first-order chi connectivity index (χ1) is 10.0. The van der Waals surface area contributed by atoms with Crippen LogP contribution in [0, 0.1) is 6.92 Å². The smallest absolute Gasteiger partial charge is 0.0547 e. The lowest BCUT2D eigenvalue weighted by molar-refractivity contribution is 0.308. The van der Waals surface area contributed by atoms with Crippen molar-refractivity contribution in [2.45, 2.75) is 25.9 Å². The predicted octanol–water partition coefficient (Wildman–Crippen LogP) is 3.57. The van der Waals surface area contributed by atoms with Crippen molar-refractivity contribution in [2.24, 2.45) is 5.73 Å². The van der Waals surface area contributed by atoms with E-state index >= 15 is 0 Å². The van der Waals surface area contributed by atoms with Crippen molar-refractivity contribution in [2.75, 3.05) is 13.6 Å². The van der Waals surface area contributed by atoms with Gasteiger partial charge in [0, 0.05) is 29.8 Å². The molecule has 0 bridgehead atoms. The number of benzene rings is 1. The van der Waals surface area contributed by atoms with Gasteiger partial charge in [-0.1, -0.05) is 29.8 Å². The summed E-state index contributed by atoms with van der Waals surface area (Å²) in [4.78, 5) is 6.77. The van der Waals surface area contributed by atoms with Crippen LogP contribution in [0.15, 0.2) is 42.5 Å². The van der Waals surface area contributed by atoms with E-state index in [0.29, 0.717) is 0 Å². The maximum absolute atomic E-state index is 6.23. The largest absolute Gasteiger partial charge is 0.324 e. The van der Waals surface area contributed by atoms with E-state index in [1.807, 2.05) is 43.3 Å². The summed E-state index contributed by atoms with van der Waals surface area (Å²) in [5.74, 6) is 0. The fraction of sp³-hybridized carbons (Fsp3) is 0.353. The Hall–Kier alpha value is -1.42. The van der Waals surface area contributed by atoms with Crippen molar-refractivity contribution in [3.63, 3.8) is 0 Å². The van der Waals surface area contributed by atoms with Gasteiger partial charge in [-0.05, 0) is 50.2 Å². The Kier molecular flexibility index (Phi) is 5.74. The third kappa shape index (κ3) is 5.12. The lowest BCUT2D eigenvalue weighted by Gasteiger charge is -2.19. The summed E-state index contributed by atoms with van der Waals surface area (Å²) in [7, 11) is 2.10. The first-order valence-corrected chi connectivity index (χ1v) is 7.54. The lowest BCUT2D eigenvalue weighted by atomic mass is 10.0. The molecule has 0 saturated heterocycles. The first-order valence-electron chi connectivity index (χ1n) is 7.17. The molecule has 0 fully saturated rings. The number of halogens is 1. The van der Waals surface area contributed by atoms with Gasteiger partial charge in [0.2, 0.25) is 0 Å². The quantitative estimate of drug-likeness (QED) is 0.887. The Morgan fingerprint density at radius 3 is 2.57 bits per heavy atom. The van der Waals surface area contributed by atoms with Crippen LogP contribution in [0.2, 0.25) is 5.02 Å². The molecule has 1 atom stereocenters. The molecule has 112 valence electrons. The average Bonchev–Trinajstić information content (AvgIpc) is 2.45. The van der Waals surface area contributed by atoms with Crippen molar-refractivity contribution in [1.29, 1.82) is 0 Å².